The molecule has 0 N–H and O–H groups in total. The van der Waals surface area contributed by atoms with E-state index in [1.165, 1.54) is 4.31 Å². The van der Waals surface area contributed by atoms with Crippen LogP contribution in [0.5, 0.6) is 5.75 Å². The minimum absolute atomic E-state index is 0.0145. The van der Waals surface area contributed by atoms with Crippen LogP contribution < -0.4 is 9.64 Å². The SMILES string of the molecule is O=C([C@@H]1CCCN(c2cnccn2)C1)N1CCN(S(=O)(=O)c2ccc(OC(F)(F)F)cc2)CC1. The lowest BCUT2D eigenvalue weighted by atomic mass is 9.96. The zero-order chi connectivity index (χ0) is 24.3. The number of anilines is 1. The number of alkyl halides is 3. The maximum atomic E-state index is 13.1. The Morgan fingerprint density at radius 3 is 2.35 bits per heavy atom. The van der Waals surface area contributed by atoms with Crippen LogP contribution >= 0.6 is 0 Å². The number of ether oxygens (including phenoxy) is 1. The lowest BCUT2D eigenvalue weighted by Gasteiger charge is -2.38. The molecule has 0 spiro atoms. The second-order valence-electron chi connectivity index (χ2n) is 8.10. The molecule has 9 nitrogen and oxygen atoms in total. The van der Waals surface area contributed by atoms with Gasteiger partial charge in [0.1, 0.15) is 11.6 Å². The van der Waals surface area contributed by atoms with Crippen molar-refractivity contribution in [1.82, 2.24) is 19.2 Å². The molecule has 1 aromatic carbocycles. The maximum absolute atomic E-state index is 13.1. The molecule has 0 radical (unpaired) electrons. The van der Waals surface area contributed by atoms with Gasteiger partial charge in [-0.05, 0) is 37.1 Å². The summed E-state index contributed by atoms with van der Waals surface area (Å²) in [4.78, 5) is 25.1. The first-order valence-corrected chi connectivity index (χ1v) is 12.2. The number of carbonyl (C=O) groups excluding carboxylic acids is 1. The highest BCUT2D eigenvalue weighted by Crippen LogP contribution is 2.27. The van der Waals surface area contributed by atoms with Crippen molar-refractivity contribution < 1.29 is 31.1 Å². The van der Waals surface area contributed by atoms with Crippen LogP contribution in [0.3, 0.4) is 0 Å². The summed E-state index contributed by atoms with van der Waals surface area (Å²) in [6.07, 6.45) is 1.60. The van der Waals surface area contributed by atoms with Gasteiger partial charge in [0.25, 0.3) is 0 Å². The van der Waals surface area contributed by atoms with Crippen LogP contribution in [0.2, 0.25) is 0 Å². The predicted molar refractivity (Wildman–Crippen MR) is 115 cm³/mol. The molecule has 2 saturated heterocycles. The van der Waals surface area contributed by atoms with E-state index in [0.29, 0.717) is 6.54 Å². The fourth-order valence-electron chi connectivity index (χ4n) is 4.21. The molecule has 34 heavy (non-hydrogen) atoms. The standard InChI is InChI=1S/C21H24F3N5O4S/c22-21(23,24)33-17-3-5-18(6-4-17)34(31,32)29-12-10-27(11-13-29)20(30)16-2-1-9-28(15-16)19-14-25-7-8-26-19/h3-8,14,16H,1-2,9-13,15H2/t16-/m1/s1. The van der Waals surface area contributed by atoms with Crippen LogP contribution in [0, 0.1) is 5.92 Å². The minimum atomic E-state index is -4.85. The van der Waals surface area contributed by atoms with E-state index in [0.717, 1.165) is 49.5 Å². The molecule has 1 amide bonds. The first-order valence-electron chi connectivity index (χ1n) is 10.8. The third-order valence-corrected chi connectivity index (χ3v) is 7.80. The van der Waals surface area contributed by atoms with Crippen molar-refractivity contribution in [2.75, 3.05) is 44.2 Å². The van der Waals surface area contributed by atoms with E-state index in [1.807, 2.05) is 4.90 Å². The summed E-state index contributed by atoms with van der Waals surface area (Å²) in [6, 6.07) is 4.09. The molecule has 0 aliphatic carbocycles. The summed E-state index contributed by atoms with van der Waals surface area (Å²) in [5.74, 6) is 0.00632. The van der Waals surface area contributed by atoms with E-state index in [-0.39, 0.29) is 42.9 Å². The first kappa shape index (κ1) is 24.2. The van der Waals surface area contributed by atoms with Crippen LogP contribution in [0.1, 0.15) is 12.8 Å². The lowest BCUT2D eigenvalue weighted by molar-refractivity contribution is -0.274. The Balaban J connectivity index is 1.34. The largest absolute Gasteiger partial charge is 0.573 e. The molecule has 1 atom stereocenters. The Morgan fingerprint density at radius 2 is 1.74 bits per heavy atom. The van der Waals surface area contributed by atoms with Gasteiger partial charge in [0.2, 0.25) is 15.9 Å². The van der Waals surface area contributed by atoms with E-state index >= 15 is 0 Å². The number of hydrogen-bond donors (Lipinski definition) is 0. The summed E-state index contributed by atoms with van der Waals surface area (Å²) in [5, 5.41) is 0. The normalized spacial score (nSPS) is 20.3. The van der Waals surface area contributed by atoms with Gasteiger partial charge in [-0.3, -0.25) is 9.78 Å². The van der Waals surface area contributed by atoms with Crippen molar-refractivity contribution in [2.24, 2.45) is 5.92 Å². The Kier molecular flexibility index (Phi) is 6.94. The van der Waals surface area contributed by atoms with E-state index in [2.05, 4.69) is 14.7 Å². The Bertz CT molecular complexity index is 1090. The van der Waals surface area contributed by atoms with Crippen molar-refractivity contribution in [3.63, 3.8) is 0 Å². The van der Waals surface area contributed by atoms with Gasteiger partial charge in [-0.25, -0.2) is 13.4 Å². The fraction of sp³-hybridized carbons (Fsp3) is 0.476. The first-order chi connectivity index (χ1) is 16.1. The van der Waals surface area contributed by atoms with E-state index in [1.54, 1.807) is 23.5 Å². The van der Waals surface area contributed by atoms with Crippen molar-refractivity contribution >= 4 is 21.7 Å². The Hall–Kier alpha value is -2.93. The molecule has 2 aliphatic rings. The second-order valence-corrected chi connectivity index (χ2v) is 10.0. The van der Waals surface area contributed by atoms with Crippen LogP contribution in [0.15, 0.2) is 47.8 Å². The average molecular weight is 500 g/mol. The van der Waals surface area contributed by atoms with Crippen LogP contribution in [0.4, 0.5) is 19.0 Å². The Labute approximate surface area is 195 Å². The highest BCUT2D eigenvalue weighted by atomic mass is 32.2. The number of amides is 1. The molecule has 2 fully saturated rings. The summed E-state index contributed by atoms with van der Waals surface area (Å²) in [7, 11) is -3.91. The van der Waals surface area contributed by atoms with Gasteiger partial charge < -0.3 is 14.5 Å². The molecule has 2 aliphatic heterocycles. The van der Waals surface area contributed by atoms with Gasteiger partial charge in [0.15, 0.2) is 0 Å². The van der Waals surface area contributed by atoms with Crippen molar-refractivity contribution in [3.05, 3.63) is 42.9 Å². The van der Waals surface area contributed by atoms with E-state index in [9.17, 15) is 26.4 Å². The summed E-state index contributed by atoms with van der Waals surface area (Å²) < 4.78 is 67.8. The van der Waals surface area contributed by atoms with Crippen LogP contribution in [-0.2, 0) is 14.8 Å². The number of nitrogens with zero attached hydrogens (tertiary/aromatic N) is 5. The molecule has 0 bridgehead atoms. The lowest BCUT2D eigenvalue weighted by Crippen LogP contribution is -2.53. The van der Waals surface area contributed by atoms with Gasteiger partial charge in [-0.2, -0.15) is 4.31 Å². The molecule has 13 heteroatoms. The predicted octanol–water partition coefficient (Wildman–Crippen LogP) is 2.12. The van der Waals surface area contributed by atoms with Crippen LogP contribution in [-0.4, -0.2) is 79.1 Å². The summed E-state index contributed by atoms with van der Waals surface area (Å²) in [6.45, 7) is 2.03. The van der Waals surface area contributed by atoms with Crippen molar-refractivity contribution in [1.29, 1.82) is 0 Å². The topological polar surface area (TPSA) is 95.9 Å². The van der Waals surface area contributed by atoms with Gasteiger partial charge >= 0.3 is 6.36 Å². The number of rotatable bonds is 5. The quantitative estimate of drug-likeness (QED) is 0.622. The van der Waals surface area contributed by atoms with Gasteiger partial charge in [-0.1, -0.05) is 0 Å². The minimum Gasteiger partial charge on any atom is -0.406 e. The number of carbonyl (C=O) groups is 1. The molecule has 1 aromatic heterocycles. The zero-order valence-corrected chi connectivity index (χ0v) is 19.0. The van der Waals surface area contributed by atoms with Crippen molar-refractivity contribution in [3.8, 4) is 5.75 Å². The molecule has 184 valence electrons. The third-order valence-electron chi connectivity index (χ3n) is 5.89. The Morgan fingerprint density at radius 1 is 1.03 bits per heavy atom. The number of sulfonamides is 1. The van der Waals surface area contributed by atoms with E-state index in [4.69, 9.17) is 0 Å². The van der Waals surface area contributed by atoms with Crippen molar-refractivity contribution in [2.45, 2.75) is 24.1 Å². The number of hydrogen-bond acceptors (Lipinski definition) is 7. The molecule has 4 rings (SSSR count). The number of halogens is 3. The fourth-order valence-corrected chi connectivity index (χ4v) is 5.63. The van der Waals surface area contributed by atoms with Gasteiger partial charge in [0, 0.05) is 51.7 Å². The molecular weight excluding hydrogens is 475 g/mol. The molecular formula is C21H24F3N5O4S. The second kappa shape index (κ2) is 9.74. The van der Waals surface area contributed by atoms with Gasteiger partial charge in [0.05, 0.1) is 17.0 Å². The van der Waals surface area contributed by atoms with Gasteiger partial charge in [-0.15, -0.1) is 13.2 Å². The zero-order valence-electron chi connectivity index (χ0n) is 18.2. The summed E-state index contributed by atoms with van der Waals surface area (Å²) >= 11 is 0. The molecule has 3 heterocycles. The highest BCUT2D eigenvalue weighted by Gasteiger charge is 2.35. The van der Waals surface area contributed by atoms with Crippen LogP contribution in [0.25, 0.3) is 0 Å². The summed E-state index contributed by atoms with van der Waals surface area (Å²) in [5.41, 5.74) is 0. The number of piperidine rings is 1. The monoisotopic (exact) mass is 499 g/mol. The molecule has 2 aromatic rings. The molecule has 0 saturated carbocycles. The highest BCUT2D eigenvalue weighted by molar-refractivity contribution is 7.89. The number of piperazine rings is 1. The maximum Gasteiger partial charge on any atom is 0.573 e. The van der Waals surface area contributed by atoms with E-state index < -0.39 is 22.1 Å². The molecule has 0 unspecified atom stereocenters. The number of aromatic nitrogens is 2. The smallest absolute Gasteiger partial charge is 0.406 e. The third kappa shape index (κ3) is 5.58. The average Bonchev–Trinajstić information content (AvgIpc) is 2.84. The number of benzene rings is 1.